The molecule has 3 heteroatoms. The Labute approximate surface area is 90.6 Å². The molecule has 0 aliphatic carbocycles. The summed E-state index contributed by atoms with van der Waals surface area (Å²) in [4.78, 5) is 0. The molecule has 0 saturated heterocycles. The highest BCUT2D eigenvalue weighted by Gasteiger charge is 2.04. The second-order valence-corrected chi connectivity index (χ2v) is 3.35. The summed E-state index contributed by atoms with van der Waals surface area (Å²) in [6.45, 7) is 3.32. The van der Waals surface area contributed by atoms with Gasteiger partial charge >= 0.3 is 0 Å². The predicted octanol–water partition coefficient (Wildman–Crippen LogP) is 1.85. The zero-order valence-electron chi connectivity index (χ0n) is 9.06. The van der Waals surface area contributed by atoms with E-state index in [4.69, 9.17) is 9.47 Å². The van der Waals surface area contributed by atoms with Crippen molar-refractivity contribution >= 4 is 0 Å². The van der Waals surface area contributed by atoms with E-state index in [1.54, 1.807) is 0 Å². The molecule has 3 nitrogen and oxygen atoms in total. The van der Waals surface area contributed by atoms with E-state index in [1.165, 1.54) is 0 Å². The van der Waals surface area contributed by atoms with E-state index >= 15 is 0 Å². The number of rotatable bonds is 7. The Morgan fingerprint density at radius 3 is 2.60 bits per heavy atom. The molecular formula is C12H18O3. The maximum absolute atomic E-state index is 9.49. The average molecular weight is 210 g/mol. The van der Waals surface area contributed by atoms with E-state index in [0.29, 0.717) is 13.2 Å². The second-order valence-electron chi connectivity index (χ2n) is 3.35. The molecule has 0 aliphatic heterocycles. The zero-order valence-corrected chi connectivity index (χ0v) is 9.06. The molecule has 0 aromatic heterocycles. The topological polar surface area (TPSA) is 38.7 Å². The van der Waals surface area contributed by atoms with Gasteiger partial charge in [-0.2, -0.15) is 0 Å². The lowest BCUT2D eigenvalue weighted by molar-refractivity contribution is 0.0123. The summed E-state index contributed by atoms with van der Waals surface area (Å²) >= 11 is 0. The lowest BCUT2D eigenvalue weighted by atomic mass is 10.3. The van der Waals surface area contributed by atoms with Gasteiger partial charge in [-0.1, -0.05) is 25.1 Å². The number of benzene rings is 1. The largest absolute Gasteiger partial charge is 0.491 e. The van der Waals surface area contributed by atoms with Crippen molar-refractivity contribution < 1.29 is 14.6 Å². The standard InChI is InChI=1S/C12H18O3/c1-2-8-14-9-11(13)10-15-12-6-4-3-5-7-12/h3-7,11,13H,2,8-10H2,1H3. The highest BCUT2D eigenvalue weighted by atomic mass is 16.5. The molecule has 0 fully saturated rings. The smallest absolute Gasteiger partial charge is 0.119 e. The van der Waals surface area contributed by atoms with Gasteiger partial charge in [0.2, 0.25) is 0 Å². The van der Waals surface area contributed by atoms with Crippen molar-refractivity contribution in [2.24, 2.45) is 0 Å². The Morgan fingerprint density at radius 2 is 1.93 bits per heavy atom. The lowest BCUT2D eigenvalue weighted by Gasteiger charge is -2.12. The third-order valence-electron chi connectivity index (χ3n) is 1.84. The molecule has 0 bridgehead atoms. The van der Waals surface area contributed by atoms with Crippen molar-refractivity contribution in [3.05, 3.63) is 30.3 Å². The summed E-state index contributed by atoms with van der Waals surface area (Å²) in [5, 5.41) is 9.49. The first-order valence-corrected chi connectivity index (χ1v) is 5.26. The molecule has 0 saturated carbocycles. The molecule has 1 rings (SSSR count). The summed E-state index contributed by atoms with van der Waals surface area (Å²) in [7, 11) is 0. The normalized spacial score (nSPS) is 12.4. The summed E-state index contributed by atoms with van der Waals surface area (Å²) in [5.74, 6) is 0.770. The van der Waals surface area contributed by atoms with Gasteiger partial charge in [-0.15, -0.1) is 0 Å². The average Bonchev–Trinajstić information content (AvgIpc) is 2.28. The summed E-state index contributed by atoms with van der Waals surface area (Å²) < 4.78 is 10.6. The minimum atomic E-state index is -0.559. The number of aliphatic hydroxyl groups is 1. The summed E-state index contributed by atoms with van der Waals surface area (Å²) in [6, 6.07) is 9.44. The van der Waals surface area contributed by atoms with Crippen LogP contribution in [0.25, 0.3) is 0 Å². The predicted molar refractivity (Wildman–Crippen MR) is 59.1 cm³/mol. The number of hydrogen-bond donors (Lipinski definition) is 1. The Kier molecular flexibility index (Phi) is 5.81. The monoisotopic (exact) mass is 210 g/mol. The molecule has 1 atom stereocenters. The minimum Gasteiger partial charge on any atom is -0.491 e. The van der Waals surface area contributed by atoms with Crippen molar-refractivity contribution in [3.8, 4) is 5.75 Å². The van der Waals surface area contributed by atoms with E-state index < -0.39 is 6.10 Å². The van der Waals surface area contributed by atoms with Gasteiger partial charge < -0.3 is 14.6 Å². The van der Waals surface area contributed by atoms with Gasteiger partial charge in [0.05, 0.1) is 6.61 Å². The number of para-hydroxylation sites is 1. The first kappa shape index (κ1) is 12.0. The molecule has 1 N–H and O–H groups in total. The summed E-state index contributed by atoms with van der Waals surface area (Å²) in [5.41, 5.74) is 0. The number of aliphatic hydroxyl groups excluding tert-OH is 1. The maximum Gasteiger partial charge on any atom is 0.119 e. The van der Waals surface area contributed by atoms with E-state index in [9.17, 15) is 5.11 Å². The van der Waals surface area contributed by atoms with E-state index in [0.717, 1.165) is 12.2 Å². The second kappa shape index (κ2) is 7.26. The number of ether oxygens (including phenoxy) is 2. The van der Waals surface area contributed by atoms with E-state index in [1.807, 2.05) is 37.3 Å². The molecule has 15 heavy (non-hydrogen) atoms. The molecule has 0 radical (unpaired) electrons. The first-order chi connectivity index (χ1) is 7.33. The van der Waals surface area contributed by atoms with Crippen LogP contribution in [0.4, 0.5) is 0 Å². The van der Waals surface area contributed by atoms with Gasteiger partial charge in [0.25, 0.3) is 0 Å². The third-order valence-corrected chi connectivity index (χ3v) is 1.84. The van der Waals surface area contributed by atoms with Gasteiger partial charge in [0.15, 0.2) is 0 Å². The van der Waals surface area contributed by atoms with Gasteiger partial charge in [-0.25, -0.2) is 0 Å². The lowest BCUT2D eigenvalue weighted by Crippen LogP contribution is -2.23. The van der Waals surface area contributed by atoms with Crippen LogP contribution in [0, 0.1) is 0 Å². The van der Waals surface area contributed by atoms with Crippen molar-refractivity contribution in [1.29, 1.82) is 0 Å². The van der Waals surface area contributed by atoms with Crippen molar-refractivity contribution in [2.75, 3.05) is 19.8 Å². The van der Waals surface area contributed by atoms with Gasteiger partial charge in [-0.3, -0.25) is 0 Å². The van der Waals surface area contributed by atoms with Crippen LogP contribution in [0.15, 0.2) is 30.3 Å². The Morgan fingerprint density at radius 1 is 1.20 bits per heavy atom. The van der Waals surface area contributed by atoms with Crippen LogP contribution in [0.3, 0.4) is 0 Å². The molecular weight excluding hydrogens is 192 g/mol. The van der Waals surface area contributed by atoms with Gasteiger partial charge in [0.1, 0.15) is 18.5 Å². The van der Waals surface area contributed by atoms with Gasteiger partial charge in [-0.05, 0) is 18.6 Å². The molecule has 0 heterocycles. The van der Waals surface area contributed by atoms with Crippen LogP contribution in [0.1, 0.15) is 13.3 Å². The van der Waals surface area contributed by atoms with E-state index in [2.05, 4.69) is 0 Å². The fourth-order valence-electron chi connectivity index (χ4n) is 1.12. The molecule has 0 amide bonds. The van der Waals surface area contributed by atoms with Crippen LogP contribution in [-0.4, -0.2) is 31.0 Å². The maximum atomic E-state index is 9.49. The Balaban J connectivity index is 2.14. The SMILES string of the molecule is CCCOCC(O)COc1ccccc1. The van der Waals surface area contributed by atoms with Gasteiger partial charge in [0, 0.05) is 6.61 Å². The molecule has 1 aromatic rings. The summed E-state index contributed by atoms with van der Waals surface area (Å²) in [6.07, 6.45) is 0.406. The van der Waals surface area contributed by atoms with Crippen LogP contribution in [-0.2, 0) is 4.74 Å². The highest BCUT2D eigenvalue weighted by molar-refractivity contribution is 5.20. The van der Waals surface area contributed by atoms with Crippen LogP contribution >= 0.6 is 0 Å². The fraction of sp³-hybridized carbons (Fsp3) is 0.500. The third kappa shape index (κ3) is 5.40. The number of hydrogen-bond acceptors (Lipinski definition) is 3. The Hall–Kier alpha value is -1.06. The van der Waals surface area contributed by atoms with Crippen molar-refractivity contribution in [3.63, 3.8) is 0 Å². The molecule has 1 unspecified atom stereocenters. The van der Waals surface area contributed by atoms with Crippen molar-refractivity contribution in [2.45, 2.75) is 19.4 Å². The molecule has 0 aliphatic rings. The van der Waals surface area contributed by atoms with Crippen LogP contribution in [0.5, 0.6) is 5.75 Å². The van der Waals surface area contributed by atoms with E-state index in [-0.39, 0.29) is 6.61 Å². The molecule has 1 aromatic carbocycles. The van der Waals surface area contributed by atoms with Crippen LogP contribution in [0.2, 0.25) is 0 Å². The highest BCUT2D eigenvalue weighted by Crippen LogP contribution is 2.08. The quantitative estimate of drug-likeness (QED) is 0.698. The zero-order chi connectivity index (χ0) is 10.9. The van der Waals surface area contributed by atoms with Crippen LogP contribution < -0.4 is 4.74 Å². The minimum absolute atomic E-state index is 0.272. The first-order valence-electron chi connectivity index (χ1n) is 5.26. The fourth-order valence-corrected chi connectivity index (χ4v) is 1.12. The molecule has 84 valence electrons. The Bertz CT molecular complexity index is 248. The van der Waals surface area contributed by atoms with Crippen molar-refractivity contribution in [1.82, 2.24) is 0 Å². The molecule has 0 spiro atoms.